The molecular formula is C26H28Br2ClN3O5. The highest BCUT2D eigenvalue weighted by atomic mass is 79.9. The second kappa shape index (κ2) is 13.4. The Bertz CT molecular complexity index is 1380. The van der Waals surface area contributed by atoms with E-state index in [9.17, 15) is 9.59 Å². The largest absolute Gasteiger partial charge is 0.490 e. The molecule has 1 heterocycles. The van der Waals surface area contributed by atoms with Crippen molar-refractivity contribution in [1.82, 2.24) is 9.66 Å². The molecule has 0 spiro atoms. The van der Waals surface area contributed by atoms with E-state index in [0.29, 0.717) is 45.5 Å². The van der Waals surface area contributed by atoms with Crippen LogP contribution in [0, 0.1) is 0 Å². The number of benzene rings is 2. The number of aromatic nitrogens is 2. The highest BCUT2D eigenvalue weighted by molar-refractivity contribution is 9.10. The third-order valence-electron chi connectivity index (χ3n) is 5.31. The summed E-state index contributed by atoms with van der Waals surface area (Å²) < 4.78 is 19.1. The van der Waals surface area contributed by atoms with E-state index in [1.807, 2.05) is 19.1 Å². The normalized spacial score (nSPS) is 12.2. The zero-order valence-electron chi connectivity index (χ0n) is 21.0. The molecular weight excluding hydrogens is 630 g/mol. The van der Waals surface area contributed by atoms with Crippen molar-refractivity contribution in [1.29, 1.82) is 0 Å². The van der Waals surface area contributed by atoms with Crippen LogP contribution in [0.15, 0.2) is 43.1 Å². The van der Waals surface area contributed by atoms with E-state index >= 15 is 0 Å². The Morgan fingerprint density at radius 1 is 1.22 bits per heavy atom. The number of esters is 1. The average molecular weight is 658 g/mol. The topological polar surface area (TPSA) is 92.0 Å². The summed E-state index contributed by atoms with van der Waals surface area (Å²) in [5.41, 5.74) is 0.891. The lowest BCUT2D eigenvalue weighted by atomic mass is 10.2. The minimum Gasteiger partial charge on any atom is -0.490 e. The number of ether oxygens (including phenoxy) is 3. The van der Waals surface area contributed by atoms with E-state index in [2.05, 4.69) is 43.9 Å². The van der Waals surface area contributed by atoms with Crippen molar-refractivity contribution in [3.05, 3.63) is 60.0 Å². The van der Waals surface area contributed by atoms with Crippen LogP contribution in [0.1, 0.15) is 51.9 Å². The number of nitrogens with zero attached hydrogens (tertiary/aromatic N) is 3. The fourth-order valence-corrected chi connectivity index (χ4v) is 4.49. The molecule has 3 aromatic rings. The highest BCUT2D eigenvalue weighted by Crippen LogP contribution is 2.43. The SMILES string of the molecule is CCCCc1nc2ccc(Br)cc2c(=O)n1N=Cc1cc(OCC)c(O[C@@H](C)C(=O)OCC)c(Cl)c1Br. The summed E-state index contributed by atoms with van der Waals surface area (Å²) in [5, 5.41) is 5.15. The van der Waals surface area contributed by atoms with Crippen molar-refractivity contribution < 1.29 is 19.0 Å². The van der Waals surface area contributed by atoms with Gasteiger partial charge in [0.1, 0.15) is 10.8 Å². The minimum atomic E-state index is -0.897. The van der Waals surface area contributed by atoms with Crippen LogP contribution >= 0.6 is 43.5 Å². The molecule has 0 aliphatic heterocycles. The molecule has 0 aliphatic rings. The van der Waals surface area contributed by atoms with E-state index in [0.717, 1.165) is 17.3 Å². The molecule has 3 rings (SSSR count). The maximum Gasteiger partial charge on any atom is 0.347 e. The second-order valence-corrected chi connectivity index (χ2v) is 10.1. The van der Waals surface area contributed by atoms with Gasteiger partial charge in [0.2, 0.25) is 0 Å². The monoisotopic (exact) mass is 655 g/mol. The van der Waals surface area contributed by atoms with Gasteiger partial charge in [0.25, 0.3) is 5.56 Å². The summed E-state index contributed by atoms with van der Waals surface area (Å²) in [7, 11) is 0. The fraction of sp³-hybridized carbons (Fsp3) is 0.385. The number of hydrogen-bond donors (Lipinski definition) is 0. The predicted molar refractivity (Wildman–Crippen MR) is 152 cm³/mol. The molecule has 8 nitrogen and oxygen atoms in total. The lowest BCUT2D eigenvalue weighted by Gasteiger charge is -2.19. The molecule has 198 valence electrons. The molecule has 0 saturated carbocycles. The number of carbonyl (C=O) groups is 1. The first-order chi connectivity index (χ1) is 17.7. The standard InChI is InChI=1S/C26H28Br2ClN3O5/c1-5-8-9-21-31-19-11-10-17(27)13-18(19)25(33)32(21)30-14-16-12-20(35-6-2)24(23(29)22(16)28)37-15(4)26(34)36-7-3/h10-15H,5-9H2,1-4H3/t15-/m0/s1. The van der Waals surface area contributed by atoms with Gasteiger partial charge in [0.15, 0.2) is 17.6 Å². The third kappa shape index (κ3) is 6.91. The smallest absolute Gasteiger partial charge is 0.347 e. The molecule has 0 radical (unpaired) electrons. The van der Waals surface area contributed by atoms with Crippen molar-refractivity contribution in [2.75, 3.05) is 13.2 Å². The molecule has 0 amide bonds. The average Bonchev–Trinajstić information content (AvgIpc) is 2.87. The van der Waals surface area contributed by atoms with Gasteiger partial charge in [0, 0.05) is 20.9 Å². The van der Waals surface area contributed by atoms with Gasteiger partial charge in [-0.2, -0.15) is 9.78 Å². The summed E-state index contributed by atoms with van der Waals surface area (Å²) >= 11 is 13.5. The number of rotatable bonds is 11. The number of unbranched alkanes of at least 4 members (excludes halogenated alkanes) is 1. The molecule has 0 bridgehead atoms. The van der Waals surface area contributed by atoms with Crippen LogP contribution in [0.4, 0.5) is 0 Å². The molecule has 0 N–H and O–H groups in total. The van der Waals surface area contributed by atoms with E-state index < -0.39 is 12.1 Å². The van der Waals surface area contributed by atoms with Gasteiger partial charge < -0.3 is 14.2 Å². The van der Waals surface area contributed by atoms with Crippen molar-refractivity contribution in [3.63, 3.8) is 0 Å². The van der Waals surface area contributed by atoms with E-state index in [-0.39, 0.29) is 22.9 Å². The first kappa shape index (κ1) is 29.1. The summed E-state index contributed by atoms with van der Waals surface area (Å²) in [4.78, 5) is 30.1. The first-order valence-corrected chi connectivity index (χ1v) is 13.9. The Morgan fingerprint density at radius 2 is 1.97 bits per heavy atom. The molecule has 37 heavy (non-hydrogen) atoms. The van der Waals surface area contributed by atoms with Crippen LogP contribution in [0.25, 0.3) is 10.9 Å². The summed E-state index contributed by atoms with van der Waals surface area (Å²) in [6, 6.07) is 7.08. The molecule has 1 atom stereocenters. The third-order valence-corrected chi connectivity index (χ3v) is 7.25. The molecule has 0 saturated heterocycles. The van der Waals surface area contributed by atoms with Crippen LogP contribution in [-0.2, 0) is 16.0 Å². The maximum absolute atomic E-state index is 13.4. The molecule has 2 aromatic carbocycles. The zero-order valence-corrected chi connectivity index (χ0v) is 24.9. The number of hydrogen-bond acceptors (Lipinski definition) is 7. The molecule has 0 fully saturated rings. The quantitative estimate of drug-likeness (QED) is 0.172. The predicted octanol–water partition coefficient (Wildman–Crippen LogP) is 6.53. The number of halogens is 3. The second-order valence-electron chi connectivity index (χ2n) is 8.02. The molecule has 0 aliphatic carbocycles. The van der Waals surface area contributed by atoms with E-state index in [4.69, 9.17) is 30.8 Å². The van der Waals surface area contributed by atoms with Gasteiger partial charge in [-0.1, -0.05) is 40.9 Å². The summed E-state index contributed by atoms with van der Waals surface area (Å²) in [5.74, 6) is 0.573. The van der Waals surface area contributed by atoms with Gasteiger partial charge in [-0.05, 0) is 67.4 Å². The number of aryl methyl sites for hydroxylation is 1. The van der Waals surface area contributed by atoms with E-state index in [1.54, 1.807) is 26.0 Å². The van der Waals surface area contributed by atoms with Crippen LogP contribution in [-0.4, -0.2) is 41.2 Å². The highest BCUT2D eigenvalue weighted by Gasteiger charge is 2.23. The van der Waals surface area contributed by atoms with Gasteiger partial charge in [-0.3, -0.25) is 4.79 Å². The van der Waals surface area contributed by atoms with Crippen molar-refractivity contribution in [2.24, 2.45) is 5.10 Å². The number of carbonyl (C=O) groups excluding carboxylic acids is 1. The van der Waals surface area contributed by atoms with Crippen molar-refractivity contribution in [3.8, 4) is 11.5 Å². The van der Waals surface area contributed by atoms with Crippen LogP contribution < -0.4 is 15.0 Å². The van der Waals surface area contributed by atoms with Gasteiger partial charge in [0.05, 0.1) is 30.3 Å². The van der Waals surface area contributed by atoms with Crippen LogP contribution in [0.3, 0.4) is 0 Å². The molecule has 1 aromatic heterocycles. The van der Waals surface area contributed by atoms with E-state index in [1.165, 1.54) is 10.9 Å². The molecule has 11 heteroatoms. The maximum atomic E-state index is 13.4. The Labute approximate surface area is 237 Å². The Morgan fingerprint density at radius 3 is 2.65 bits per heavy atom. The fourth-order valence-electron chi connectivity index (χ4n) is 3.49. The van der Waals surface area contributed by atoms with Gasteiger partial charge in [-0.15, -0.1) is 0 Å². The van der Waals surface area contributed by atoms with Crippen LogP contribution in [0.5, 0.6) is 11.5 Å². The van der Waals surface area contributed by atoms with Crippen molar-refractivity contribution >= 4 is 66.5 Å². The Kier molecular flexibility index (Phi) is 10.5. The van der Waals surface area contributed by atoms with Crippen molar-refractivity contribution in [2.45, 2.75) is 53.1 Å². The van der Waals surface area contributed by atoms with Gasteiger partial charge in [-0.25, -0.2) is 9.78 Å². The zero-order chi connectivity index (χ0) is 27.1. The summed E-state index contributed by atoms with van der Waals surface area (Å²) in [6.45, 7) is 7.76. The molecule has 0 unspecified atom stereocenters. The Balaban J connectivity index is 2.08. The Hall–Kier alpha value is -2.43. The van der Waals surface area contributed by atoms with Gasteiger partial charge >= 0.3 is 5.97 Å². The first-order valence-electron chi connectivity index (χ1n) is 11.9. The lowest BCUT2D eigenvalue weighted by molar-refractivity contribution is -0.150. The lowest BCUT2D eigenvalue weighted by Crippen LogP contribution is -2.26. The summed E-state index contributed by atoms with van der Waals surface area (Å²) in [6.07, 6.45) is 3.02. The minimum absolute atomic E-state index is 0.197. The van der Waals surface area contributed by atoms with Crippen LogP contribution in [0.2, 0.25) is 5.02 Å². The number of fused-ring (bicyclic) bond motifs is 1.